The van der Waals surface area contributed by atoms with Gasteiger partial charge in [0.15, 0.2) is 0 Å². The zero-order chi connectivity index (χ0) is 6.81. The Morgan fingerprint density at radius 1 is 1.10 bits per heavy atom. The second-order valence-corrected chi connectivity index (χ2v) is 4.46. The topological polar surface area (TPSA) is 3.24 Å². The molecule has 2 fully saturated rings. The first kappa shape index (κ1) is 6.99. The Hall–Kier alpha value is 0.310. The third-order valence-corrected chi connectivity index (χ3v) is 3.61. The zero-order valence-corrected chi connectivity index (χ0v) is 7.20. The molecule has 1 nitrogen and oxygen atoms in total. The fourth-order valence-corrected chi connectivity index (χ4v) is 3.03. The molecule has 0 N–H and O–H groups in total. The van der Waals surface area contributed by atoms with Crippen LogP contribution in [0.3, 0.4) is 0 Å². The average Bonchev–Trinajstić information content (AvgIpc) is 2.28. The van der Waals surface area contributed by atoms with Crippen molar-refractivity contribution in [2.24, 2.45) is 0 Å². The SMILES string of the molecule is C1CC2CCSCCN2C1. The van der Waals surface area contributed by atoms with Gasteiger partial charge in [-0.1, -0.05) is 0 Å². The standard InChI is InChI=1S/C8H15NS/c1-2-8-3-6-10-7-5-9(8)4-1/h8H,1-7H2. The molecule has 0 bridgehead atoms. The summed E-state index contributed by atoms with van der Waals surface area (Å²) >= 11 is 2.13. The summed E-state index contributed by atoms with van der Waals surface area (Å²) in [7, 11) is 0. The van der Waals surface area contributed by atoms with Crippen molar-refractivity contribution in [2.45, 2.75) is 25.3 Å². The lowest BCUT2D eigenvalue weighted by Crippen LogP contribution is -2.29. The Labute approximate surface area is 67.2 Å². The van der Waals surface area contributed by atoms with Crippen molar-refractivity contribution in [3.8, 4) is 0 Å². The Kier molecular flexibility index (Phi) is 2.19. The minimum Gasteiger partial charge on any atom is -0.300 e. The summed E-state index contributed by atoms with van der Waals surface area (Å²) in [6.45, 7) is 2.74. The molecular weight excluding hydrogens is 142 g/mol. The minimum atomic E-state index is 0.968. The normalized spacial score (nSPS) is 35.4. The Balaban J connectivity index is 1.95. The van der Waals surface area contributed by atoms with E-state index >= 15 is 0 Å². The highest BCUT2D eigenvalue weighted by Crippen LogP contribution is 2.24. The summed E-state index contributed by atoms with van der Waals surface area (Å²) in [5.74, 6) is 2.78. The molecule has 2 aliphatic rings. The van der Waals surface area contributed by atoms with E-state index in [-0.39, 0.29) is 0 Å². The summed E-state index contributed by atoms with van der Waals surface area (Å²) in [6.07, 6.45) is 4.38. The van der Waals surface area contributed by atoms with Gasteiger partial charge in [0.05, 0.1) is 0 Å². The van der Waals surface area contributed by atoms with Crippen LogP contribution in [-0.2, 0) is 0 Å². The number of thioether (sulfide) groups is 1. The second kappa shape index (κ2) is 3.14. The van der Waals surface area contributed by atoms with Gasteiger partial charge in [0.1, 0.15) is 0 Å². The molecule has 0 radical (unpaired) electrons. The van der Waals surface area contributed by atoms with Crippen molar-refractivity contribution in [1.82, 2.24) is 4.90 Å². The second-order valence-electron chi connectivity index (χ2n) is 3.23. The van der Waals surface area contributed by atoms with Gasteiger partial charge in [-0.2, -0.15) is 11.8 Å². The van der Waals surface area contributed by atoms with E-state index in [0.717, 1.165) is 6.04 Å². The highest BCUT2D eigenvalue weighted by atomic mass is 32.2. The first-order valence-corrected chi connectivity index (χ1v) is 5.44. The largest absolute Gasteiger partial charge is 0.300 e. The highest BCUT2D eigenvalue weighted by molar-refractivity contribution is 7.99. The van der Waals surface area contributed by atoms with Gasteiger partial charge < -0.3 is 0 Å². The van der Waals surface area contributed by atoms with Gasteiger partial charge in [0, 0.05) is 18.3 Å². The van der Waals surface area contributed by atoms with Crippen LogP contribution >= 0.6 is 11.8 Å². The molecular formula is C8H15NS. The lowest BCUT2D eigenvalue weighted by Gasteiger charge is -2.19. The van der Waals surface area contributed by atoms with Crippen LogP contribution in [0.5, 0.6) is 0 Å². The molecule has 0 spiro atoms. The summed E-state index contributed by atoms with van der Waals surface area (Å²) in [5, 5.41) is 0. The van der Waals surface area contributed by atoms with Crippen LogP contribution < -0.4 is 0 Å². The van der Waals surface area contributed by atoms with Crippen molar-refractivity contribution in [2.75, 3.05) is 24.6 Å². The fraction of sp³-hybridized carbons (Fsp3) is 1.00. The van der Waals surface area contributed by atoms with Crippen LogP contribution in [0.1, 0.15) is 19.3 Å². The van der Waals surface area contributed by atoms with Gasteiger partial charge in [-0.05, 0) is 31.6 Å². The summed E-state index contributed by atoms with van der Waals surface area (Å²) in [4.78, 5) is 2.68. The third-order valence-electron chi connectivity index (χ3n) is 2.62. The Morgan fingerprint density at radius 3 is 3.10 bits per heavy atom. The molecule has 2 aliphatic heterocycles. The Morgan fingerprint density at radius 2 is 2.10 bits per heavy atom. The molecule has 2 heteroatoms. The van der Waals surface area contributed by atoms with E-state index in [0.29, 0.717) is 0 Å². The van der Waals surface area contributed by atoms with Crippen molar-refractivity contribution in [3.05, 3.63) is 0 Å². The summed E-state index contributed by atoms with van der Waals surface area (Å²) in [5.41, 5.74) is 0. The molecule has 10 heavy (non-hydrogen) atoms. The maximum Gasteiger partial charge on any atom is 0.0104 e. The number of fused-ring (bicyclic) bond motifs is 1. The number of hydrogen-bond donors (Lipinski definition) is 0. The zero-order valence-electron chi connectivity index (χ0n) is 6.38. The monoisotopic (exact) mass is 157 g/mol. The van der Waals surface area contributed by atoms with Crippen molar-refractivity contribution < 1.29 is 0 Å². The van der Waals surface area contributed by atoms with Crippen LogP contribution in [0, 0.1) is 0 Å². The predicted molar refractivity (Wildman–Crippen MR) is 46.5 cm³/mol. The quantitative estimate of drug-likeness (QED) is 0.525. The highest BCUT2D eigenvalue weighted by Gasteiger charge is 2.24. The molecule has 0 aromatic heterocycles. The van der Waals surface area contributed by atoms with Crippen LogP contribution in [0.4, 0.5) is 0 Å². The van der Waals surface area contributed by atoms with Gasteiger partial charge >= 0.3 is 0 Å². The van der Waals surface area contributed by atoms with E-state index < -0.39 is 0 Å². The van der Waals surface area contributed by atoms with Crippen LogP contribution in [0.2, 0.25) is 0 Å². The van der Waals surface area contributed by atoms with Crippen LogP contribution in [0.25, 0.3) is 0 Å². The maximum absolute atomic E-state index is 2.68. The lowest BCUT2D eigenvalue weighted by atomic mass is 10.2. The van der Waals surface area contributed by atoms with Gasteiger partial charge in [-0.3, -0.25) is 4.90 Å². The maximum atomic E-state index is 2.68. The third kappa shape index (κ3) is 1.32. The molecule has 2 heterocycles. The predicted octanol–water partition coefficient (Wildman–Crippen LogP) is 1.59. The molecule has 2 rings (SSSR count). The van der Waals surface area contributed by atoms with Crippen molar-refractivity contribution >= 4 is 11.8 Å². The molecule has 58 valence electrons. The van der Waals surface area contributed by atoms with Crippen LogP contribution in [0.15, 0.2) is 0 Å². The van der Waals surface area contributed by atoms with Gasteiger partial charge in [0.2, 0.25) is 0 Å². The van der Waals surface area contributed by atoms with E-state index in [1.807, 2.05) is 0 Å². The lowest BCUT2D eigenvalue weighted by molar-refractivity contribution is 0.269. The molecule has 1 unspecified atom stereocenters. The molecule has 1 atom stereocenters. The van der Waals surface area contributed by atoms with E-state index in [2.05, 4.69) is 16.7 Å². The summed E-state index contributed by atoms with van der Waals surface area (Å²) < 4.78 is 0. The fourth-order valence-electron chi connectivity index (χ4n) is 2.02. The van der Waals surface area contributed by atoms with E-state index in [9.17, 15) is 0 Å². The van der Waals surface area contributed by atoms with E-state index in [4.69, 9.17) is 0 Å². The van der Waals surface area contributed by atoms with Gasteiger partial charge in [-0.25, -0.2) is 0 Å². The number of nitrogens with zero attached hydrogens (tertiary/aromatic N) is 1. The first-order chi connectivity index (χ1) is 4.97. The van der Waals surface area contributed by atoms with Gasteiger partial charge in [0.25, 0.3) is 0 Å². The molecule has 0 saturated carbocycles. The minimum absolute atomic E-state index is 0.968. The van der Waals surface area contributed by atoms with Crippen molar-refractivity contribution in [3.63, 3.8) is 0 Å². The van der Waals surface area contributed by atoms with Gasteiger partial charge in [-0.15, -0.1) is 0 Å². The number of hydrogen-bond acceptors (Lipinski definition) is 2. The van der Waals surface area contributed by atoms with E-state index in [1.165, 1.54) is 43.9 Å². The van der Waals surface area contributed by atoms with Crippen LogP contribution in [-0.4, -0.2) is 35.5 Å². The molecule has 0 aromatic rings. The smallest absolute Gasteiger partial charge is 0.0104 e. The molecule has 2 saturated heterocycles. The average molecular weight is 157 g/mol. The summed E-state index contributed by atoms with van der Waals surface area (Å²) in [6, 6.07) is 0.968. The molecule has 0 amide bonds. The Bertz CT molecular complexity index is 104. The van der Waals surface area contributed by atoms with E-state index in [1.54, 1.807) is 0 Å². The first-order valence-electron chi connectivity index (χ1n) is 4.28. The number of rotatable bonds is 0. The molecule has 0 aliphatic carbocycles. The van der Waals surface area contributed by atoms with Crippen molar-refractivity contribution in [1.29, 1.82) is 0 Å². The molecule has 0 aromatic carbocycles.